The Hall–Kier alpha value is -1.18. The molecule has 2 aromatic rings. The van der Waals surface area contributed by atoms with Crippen molar-refractivity contribution in [2.24, 2.45) is 0 Å². The fourth-order valence-electron chi connectivity index (χ4n) is 1.76. The molecule has 0 spiro atoms. The third-order valence-corrected chi connectivity index (χ3v) is 6.41. The van der Waals surface area contributed by atoms with Crippen molar-refractivity contribution in [2.45, 2.75) is 17.6 Å². The molecule has 4 nitrogen and oxygen atoms in total. The molecule has 0 aliphatic rings. The molecule has 20 heavy (non-hydrogen) atoms. The molecule has 0 unspecified atom stereocenters. The zero-order chi connectivity index (χ0) is 14.9. The Kier molecular flexibility index (Phi) is 4.31. The number of carbonyl (C=O) groups is 1. The van der Waals surface area contributed by atoms with Crippen molar-refractivity contribution in [2.75, 3.05) is 0 Å². The third-order valence-electron chi connectivity index (χ3n) is 2.72. The fourth-order valence-corrected chi connectivity index (χ4v) is 5.21. The predicted molar refractivity (Wildman–Crippen MR) is 81.0 cm³/mol. The summed E-state index contributed by atoms with van der Waals surface area (Å²) in [6.45, 7) is 1.66. The molecule has 0 aliphatic carbocycles. The van der Waals surface area contributed by atoms with E-state index in [1.54, 1.807) is 13.0 Å². The van der Waals surface area contributed by atoms with Gasteiger partial charge in [-0.2, -0.15) is 0 Å². The van der Waals surface area contributed by atoms with E-state index >= 15 is 0 Å². The minimum atomic E-state index is -3.56. The molecule has 1 aromatic heterocycles. The van der Waals surface area contributed by atoms with E-state index in [0.717, 1.165) is 4.47 Å². The lowest BCUT2D eigenvalue weighted by molar-refractivity contribution is 0.0696. The van der Waals surface area contributed by atoms with E-state index in [4.69, 9.17) is 5.11 Å². The van der Waals surface area contributed by atoms with Crippen LogP contribution in [-0.2, 0) is 15.6 Å². The first-order chi connectivity index (χ1) is 9.29. The zero-order valence-corrected chi connectivity index (χ0v) is 13.7. The van der Waals surface area contributed by atoms with Crippen molar-refractivity contribution in [3.8, 4) is 0 Å². The summed E-state index contributed by atoms with van der Waals surface area (Å²) in [5.41, 5.74) is 0.521. The Morgan fingerprint density at radius 1 is 1.35 bits per heavy atom. The van der Waals surface area contributed by atoms with Crippen LogP contribution in [0.5, 0.6) is 0 Å². The Bertz CT molecular complexity index is 762. The number of benzene rings is 1. The lowest BCUT2D eigenvalue weighted by atomic mass is 10.1. The number of rotatable bonds is 4. The fraction of sp³-hybridized carbons (Fsp3) is 0.154. The van der Waals surface area contributed by atoms with Crippen LogP contribution in [0.4, 0.5) is 0 Å². The highest BCUT2D eigenvalue weighted by Crippen LogP contribution is 2.26. The van der Waals surface area contributed by atoms with Crippen LogP contribution in [0.2, 0.25) is 0 Å². The molecule has 0 radical (unpaired) electrons. The SMILES string of the molecule is Cc1ccc(C(=O)O)cc1S(=O)(=O)Cc1cc(Br)cs1. The van der Waals surface area contributed by atoms with Crippen LogP contribution in [0, 0.1) is 6.92 Å². The molecule has 1 heterocycles. The van der Waals surface area contributed by atoms with Crippen molar-refractivity contribution < 1.29 is 18.3 Å². The van der Waals surface area contributed by atoms with Gasteiger partial charge < -0.3 is 5.11 Å². The van der Waals surface area contributed by atoms with Gasteiger partial charge in [-0.3, -0.25) is 0 Å². The van der Waals surface area contributed by atoms with Crippen LogP contribution in [0.15, 0.2) is 39.0 Å². The number of thiophene rings is 1. The van der Waals surface area contributed by atoms with Crippen LogP contribution < -0.4 is 0 Å². The maximum atomic E-state index is 12.4. The summed E-state index contributed by atoms with van der Waals surface area (Å²) < 4.78 is 25.6. The lowest BCUT2D eigenvalue weighted by Crippen LogP contribution is -2.08. The van der Waals surface area contributed by atoms with Crippen molar-refractivity contribution in [1.82, 2.24) is 0 Å². The molecule has 0 atom stereocenters. The van der Waals surface area contributed by atoms with E-state index in [0.29, 0.717) is 10.4 Å². The number of halogens is 1. The topological polar surface area (TPSA) is 71.4 Å². The van der Waals surface area contributed by atoms with Gasteiger partial charge in [0.25, 0.3) is 0 Å². The number of hydrogen-bond donors (Lipinski definition) is 1. The maximum Gasteiger partial charge on any atom is 0.335 e. The highest BCUT2D eigenvalue weighted by atomic mass is 79.9. The van der Waals surface area contributed by atoms with E-state index in [2.05, 4.69) is 15.9 Å². The Morgan fingerprint density at radius 2 is 2.05 bits per heavy atom. The van der Waals surface area contributed by atoms with Crippen LogP contribution >= 0.6 is 27.3 Å². The molecule has 0 aliphatic heterocycles. The molecule has 1 aromatic carbocycles. The van der Waals surface area contributed by atoms with E-state index in [1.807, 2.05) is 5.38 Å². The molecule has 2 rings (SSSR count). The van der Waals surface area contributed by atoms with E-state index in [9.17, 15) is 13.2 Å². The third kappa shape index (κ3) is 3.28. The number of carboxylic acid groups (broad SMARTS) is 1. The van der Waals surface area contributed by atoms with Crippen molar-refractivity contribution in [1.29, 1.82) is 0 Å². The average Bonchev–Trinajstić information content (AvgIpc) is 2.73. The molecule has 1 N–H and O–H groups in total. The quantitative estimate of drug-likeness (QED) is 0.888. The Balaban J connectivity index is 2.43. The maximum absolute atomic E-state index is 12.4. The molecule has 0 saturated heterocycles. The van der Waals surface area contributed by atoms with Gasteiger partial charge >= 0.3 is 5.97 Å². The number of aryl methyl sites for hydroxylation is 1. The molecule has 0 fully saturated rings. The summed E-state index contributed by atoms with van der Waals surface area (Å²) in [6, 6.07) is 5.88. The summed E-state index contributed by atoms with van der Waals surface area (Å²) in [5.74, 6) is -1.27. The summed E-state index contributed by atoms with van der Waals surface area (Å²) in [4.78, 5) is 11.7. The van der Waals surface area contributed by atoms with Gasteiger partial charge in [-0.25, -0.2) is 13.2 Å². The first-order valence-electron chi connectivity index (χ1n) is 5.59. The van der Waals surface area contributed by atoms with Gasteiger partial charge in [-0.05, 0) is 46.6 Å². The molecule has 7 heteroatoms. The van der Waals surface area contributed by atoms with E-state index in [-0.39, 0.29) is 16.2 Å². The lowest BCUT2D eigenvalue weighted by Gasteiger charge is -2.08. The monoisotopic (exact) mass is 374 g/mol. The minimum Gasteiger partial charge on any atom is -0.478 e. The normalized spacial score (nSPS) is 11.5. The summed E-state index contributed by atoms with van der Waals surface area (Å²) in [5, 5.41) is 10.8. The van der Waals surface area contributed by atoms with Gasteiger partial charge in [0.1, 0.15) is 0 Å². The van der Waals surface area contributed by atoms with Crippen molar-refractivity contribution >= 4 is 43.1 Å². The summed E-state index contributed by atoms with van der Waals surface area (Å²) >= 11 is 4.62. The molecule has 0 bridgehead atoms. The largest absolute Gasteiger partial charge is 0.478 e. The second-order valence-electron chi connectivity index (χ2n) is 4.28. The summed E-state index contributed by atoms with van der Waals surface area (Å²) in [6.07, 6.45) is 0. The molecule has 106 valence electrons. The first kappa shape index (κ1) is 15.2. The summed E-state index contributed by atoms with van der Waals surface area (Å²) in [7, 11) is -3.56. The van der Waals surface area contributed by atoms with Gasteiger partial charge in [0.2, 0.25) is 0 Å². The standard InChI is InChI=1S/C13H11BrO4S2/c1-8-2-3-9(13(15)16)4-12(8)20(17,18)7-11-5-10(14)6-19-11/h2-6H,7H2,1H3,(H,15,16). The Morgan fingerprint density at radius 3 is 2.60 bits per heavy atom. The van der Waals surface area contributed by atoms with E-state index < -0.39 is 15.8 Å². The van der Waals surface area contributed by atoms with E-state index in [1.165, 1.54) is 29.5 Å². The molecule has 0 amide bonds. The van der Waals surface area contributed by atoms with Crippen LogP contribution in [-0.4, -0.2) is 19.5 Å². The van der Waals surface area contributed by atoms with Crippen LogP contribution in [0.3, 0.4) is 0 Å². The van der Waals surface area contributed by atoms with Gasteiger partial charge in [-0.1, -0.05) is 6.07 Å². The minimum absolute atomic E-state index is 0.0264. The zero-order valence-electron chi connectivity index (χ0n) is 10.5. The highest BCUT2D eigenvalue weighted by molar-refractivity contribution is 9.10. The highest BCUT2D eigenvalue weighted by Gasteiger charge is 2.20. The second kappa shape index (κ2) is 5.67. The van der Waals surface area contributed by atoms with Crippen LogP contribution in [0.25, 0.3) is 0 Å². The first-order valence-corrected chi connectivity index (χ1v) is 8.92. The van der Waals surface area contributed by atoms with Crippen molar-refractivity contribution in [3.63, 3.8) is 0 Å². The predicted octanol–water partition coefficient (Wildman–Crippen LogP) is 3.49. The number of hydrogen-bond acceptors (Lipinski definition) is 4. The number of aromatic carboxylic acids is 1. The van der Waals surface area contributed by atoms with Crippen molar-refractivity contribution in [3.05, 3.63) is 50.1 Å². The van der Waals surface area contributed by atoms with Gasteiger partial charge in [0, 0.05) is 14.7 Å². The smallest absolute Gasteiger partial charge is 0.335 e. The molecular weight excluding hydrogens is 364 g/mol. The molecular formula is C13H11BrO4S2. The second-order valence-corrected chi connectivity index (χ2v) is 8.15. The van der Waals surface area contributed by atoms with Gasteiger partial charge in [0.15, 0.2) is 9.84 Å². The van der Waals surface area contributed by atoms with Gasteiger partial charge in [0.05, 0.1) is 16.2 Å². The van der Waals surface area contributed by atoms with Crippen LogP contribution in [0.1, 0.15) is 20.8 Å². The van der Waals surface area contributed by atoms with Gasteiger partial charge in [-0.15, -0.1) is 11.3 Å². The molecule has 0 saturated carbocycles. The number of carboxylic acids is 1. The Labute approximate surface area is 129 Å². The average molecular weight is 375 g/mol. The number of sulfone groups is 1.